The van der Waals surface area contributed by atoms with Crippen molar-refractivity contribution < 1.29 is 13.2 Å². The highest BCUT2D eigenvalue weighted by Crippen LogP contribution is 2.37. The Balaban J connectivity index is 2.29. The Morgan fingerprint density at radius 1 is 1.33 bits per heavy atom. The van der Waals surface area contributed by atoms with Gasteiger partial charge < -0.3 is 5.32 Å². The fourth-order valence-corrected chi connectivity index (χ4v) is 1.91. The number of benzene rings is 1. The predicted molar refractivity (Wildman–Crippen MR) is 51.6 cm³/mol. The largest absolute Gasteiger partial charge is 0.316 e. The highest BCUT2D eigenvalue weighted by molar-refractivity contribution is 5.24. The number of rotatable bonds is 1. The molecule has 0 aromatic heterocycles. The second-order valence-corrected chi connectivity index (χ2v) is 3.82. The molecule has 1 aromatic rings. The van der Waals surface area contributed by atoms with Crippen LogP contribution < -0.4 is 5.32 Å². The first kappa shape index (κ1) is 10.5. The molecular formula is C11H12F3N. The lowest BCUT2D eigenvalue weighted by Crippen LogP contribution is -2.42. The Hall–Kier alpha value is -1.03. The lowest BCUT2D eigenvalue weighted by atomic mass is 9.88. The third kappa shape index (κ3) is 2.15. The molecule has 1 N–H and O–H groups in total. The molecule has 2 rings (SSSR count). The summed E-state index contributed by atoms with van der Waals surface area (Å²) in [4.78, 5) is 0. The SMILES string of the molecule is Fc1cccc(C2CNCCC2(F)F)c1. The Labute approximate surface area is 86.3 Å². The van der Waals surface area contributed by atoms with Crippen molar-refractivity contribution in [2.75, 3.05) is 13.1 Å². The smallest absolute Gasteiger partial charge is 0.257 e. The highest BCUT2D eigenvalue weighted by Gasteiger charge is 2.42. The van der Waals surface area contributed by atoms with E-state index in [1.54, 1.807) is 6.07 Å². The summed E-state index contributed by atoms with van der Waals surface area (Å²) in [6, 6.07) is 5.47. The molecule has 0 aliphatic carbocycles. The summed E-state index contributed by atoms with van der Waals surface area (Å²) in [6.07, 6.45) is -0.186. The minimum absolute atomic E-state index is 0.186. The molecule has 1 atom stereocenters. The molecule has 0 saturated carbocycles. The van der Waals surface area contributed by atoms with Gasteiger partial charge in [0.05, 0.1) is 5.92 Å². The van der Waals surface area contributed by atoms with Crippen molar-refractivity contribution in [3.63, 3.8) is 0 Å². The van der Waals surface area contributed by atoms with Crippen LogP contribution in [0, 0.1) is 5.82 Å². The van der Waals surface area contributed by atoms with Gasteiger partial charge in [0.15, 0.2) is 0 Å². The minimum atomic E-state index is -2.74. The fraction of sp³-hybridized carbons (Fsp3) is 0.455. The first-order valence-corrected chi connectivity index (χ1v) is 4.93. The summed E-state index contributed by atoms with van der Waals surface area (Å²) in [5, 5.41) is 2.91. The minimum Gasteiger partial charge on any atom is -0.316 e. The van der Waals surface area contributed by atoms with Crippen molar-refractivity contribution in [1.82, 2.24) is 5.32 Å². The van der Waals surface area contributed by atoms with Crippen molar-refractivity contribution in [3.8, 4) is 0 Å². The van der Waals surface area contributed by atoms with E-state index in [0.29, 0.717) is 12.1 Å². The van der Waals surface area contributed by atoms with E-state index in [2.05, 4.69) is 5.32 Å². The molecule has 0 radical (unpaired) electrons. The molecule has 0 amide bonds. The van der Waals surface area contributed by atoms with E-state index in [9.17, 15) is 13.2 Å². The average molecular weight is 215 g/mol. The summed E-state index contributed by atoms with van der Waals surface area (Å²) in [5.74, 6) is -4.12. The first-order valence-electron chi connectivity index (χ1n) is 4.93. The van der Waals surface area contributed by atoms with E-state index in [4.69, 9.17) is 0 Å². The van der Waals surface area contributed by atoms with Crippen LogP contribution in [-0.4, -0.2) is 19.0 Å². The van der Waals surface area contributed by atoms with Gasteiger partial charge in [-0.2, -0.15) is 0 Å². The third-order valence-electron chi connectivity index (χ3n) is 2.74. The number of alkyl halides is 2. The molecule has 4 heteroatoms. The van der Waals surface area contributed by atoms with E-state index >= 15 is 0 Å². The summed E-state index contributed by atoms with van der Waals surface area (Å²) in [7, 11) is 0. The molecule has 1 aromatic carbocycles. The molecular weight excluding hydrogens is 203 g/mol. The summed E-state index contributed by atoms with van der Waals surface area (Å²) >= 11 is 0. The molecule has 1 unspecified atom stereocenters. The van der Waals surface area contributed by atoms with Crippen LogP contribution in [0.3, 0.4) is 0 Å². The van der Waals surface area contributed by atoms with E-state index in [1.807, 2.05) is 0 Å². The van der Waals surface area contributed by atoms with Crippen LogP contribution in [0.25, 0.3) is 0 Å². The topological polar surface area (TPSA) is 12.0 Å². The molecule has 0 spiro atoms. The van der Waals surface area contributed by atoms with Gasteiger partial charge in [0.1, 0.15) is 5.82 Å². The van der Waals surface area contributed by atoms with Gasteiger partial charge in [-0.3, -0.25) is 0 Å². The van der Waals surface area contributed by atoms with Crippen LogP contribution in [0.1, 0.15) is 17.9 Å². The second kappa shape index (κ2) is 3.85. The molecule has 82 valence electrons. The fourth-order valence-electron chi connectivity index (χ4n) is 1.91. The predicted octanol–water partition coefficient (Wildman–Crippen LogP) is 2.54. The van der Waals surface area contributed by atoms with Crippen molar-refractivity contribution in [2.45, 2.75) is 18.3 Å². The van der Waals surface area contributed by atoms with Gasteiger partial charge in [0.25, 0.3) is 5.92 Å². The summed E-state index contributed by atoms with van der Waals surface area (Å²) in [6.45, 7) is 0.523. The quantitative estimate of drug-likeness (QED) is 0.759. The van der Waals surface area contributed by atoms with Gasteiger partial charge in [0, 0.05) is 19.5 Å². The molecule has 1 saturated heterocycles. The number of hydrogen-bond donors (Lipinski definition) is 1. The lowest BCUT2D eigenvalue weighted by Gasteiger charge is -2.32. The van der Waals surface area contributed by atoms with Crippen LogP contribution in [0.4, 0.5) is 13.2 Å². The maximum atomic E-state index is 13.5. The van der Waals surface area contributed by atoms with Crippen molar-refractivity contribution in [3.05, 3.63) is 35.6 Å². The van der Waals surface area contributed by atoms with Crippen LogP contribution >= 0.6 is 0 Å². The maximum absolute atomic E-state index is 13.5. The molecule has 1 aliphatic heterocycles. The first-order chi connectivity index (χ1) is 7.09. The normalized spacial score (nSPS) is 25.1. The van der Waals surface area contributed by atoms with E-state index in [1.165, 1.54) is 18.2 Å². The zero-order chi connectivity index (χ0) is 10.9. The lowest BCUT2D eigenvalue weighted by molar-refractivity contribution is -0.0479. The van der Waals surface area contributed by atoms with Crippen molar-refractivity contribution in [2.24, 2.45) is 0 Å². The van der Waals surface area contributed by atoms with Crippen LogP contribution in [0.2, 0.25) is 0 Å². The number of hydrogen-bond acceptors (Lipinski definition) is 1. The zero-order valence-electron chi connectivity index (χ0n) is 8.14. The molecule has 1 fully saturated rings. The summed E-state index contributed by atoms with van der Waals surface area (Å²) < 4.78 is 40.0. The molecule has 1 nitrogen and oxygen atoms in total. The van der Waals surface area contributed by atoms with E-state index in [0.717, 1.165) is 0 Å². The third-order valence-corrected chi connectivity index (χ3v) is 2.74. The molecule has 1 heterocycles. The van der Waals surface area contributed by atoms with Gasteiger partial charge in [0.2, 0.25) is 0 Å². The maximum Gasteiger partial charge on any atom is 0.257 e. The number of piperidine rings is 1. The standard InChI is InChI=1S/C11H12F3N/c12-9-3-1-2-8(6-9)10-7-15-5-4-11(10,13)14/h1-3,6,10,15H,4-5,7H2. The van der Waals surface area contributed by atoms with Crippen LogP contribution in [-0.2, 0) is 0 Å². The van der Waals surface area contributed by atoms with E-state index in [-0.39, 0.29) is 13.0 Å². The highest BCUT2D eigenvalue weighted by atomic mass is 19.3. The Kier molecular flexibility index (Phi) is 2.69. The average Bonchev–Trinajstić information content (AvgIpc) is 2.17. The Bertz CT molecular complexity index is 351. The van der Waals surface area contributed by atoms with Gasteiger partial charge in [-0.1, -0.05) is 12.1 Å². The van der Waals surface area contributed by atoms with Gasteiger partial charge in [-0.15, -0.1) is 0 Å². The molecule has 0 bridgehead atoms. The van der Waals surface area contributed by atoms with Crippen LogP contribution in [0.5, 0.6) is 0 Å². The monoisotopic (exact) mass is 215 g/mol. The number of nitrogens with one attached hydrogen (secondary N) is 1. The van der Waals surface area contributed by atoms with Gasteiger partial charge >= 0.3 is 0 Å². The zero-order valence-corrected chi connectivity index (χ0v) is 8.14. The van der Waals surface area contributed by atoms with E-state index < -0.39 is 17.7 Å². The van der Waals surface area contributed by atoms with Gasteiger partial charge in [-0.25, -0.2) is 13.2 Å². The number of halogens is 3. The molecule has 15 heavy (non-hydrogen) atoms. The molecule has 1 aliphatic rings. The van der Waals surface area contributed by atoms with Crippen LogP contribution in [0.15, 0.2) is 24.3 Å². The van der Waals surface area contributed by atoms with Crippen molar-refractivity contribution >= 4 is 0 Å². The second-order valence-electron chi connectivity index (χ2n) is 3.82. The van der Waals surface area contributed by atoms with Gasteiger partial charge in [-0.05, 0) is 17.7 Å². The summed E-state index contributed by atoms with van der Waals surface area (Å²) in [5.41, 5.74) is 0.368. The Morgan fingerprint density at radius 2 is 2.13 bits per heavy atom. The Morgan fingerprint density at radius 3 is 2.80 bits per heavy atom. The van der Waals surface area contributed by atoms with Crippen molar-refractivity contribution in [1.29, 1.82) is 0 Å².